The summed E-state index contributed by atoms with van der Waals surface area (Å²) >= 11 is 0. The van der Waals surface area contributed by atoms with Crippen molar-refractivity contribution in [1.82, 2.24) is 16.2 Å². The van der Waals surface area contributed by atoms with Gasteiger partial charge in [0.2, 0.25) is 0 Å². The highest BCUT2D eigenvalue weighted by molar-refractivity contribution is 6.06. The fourth-order valence-electron chi connectivity index (χ4n) is 1.53. The number of allylic oxidation sites excluding steroid dienone is 1. The lowest BCUT2D eigenvalue weighted by molar-refractivity contribution is 0.440. The summed E-state index contributed by atoms with van der Waals surface area (Å²) in [5.74, 6) is 0.405. The minimum absolute atomic E-state index is 0.405. The van der Waals surface area contributed by atoms with Crippen LogP contribution in [0.3, 0.4) is 0 Å². The van der Waals surface area contributed by atoms with E-state index < -0.39 is 5.66 Å². The normalized spacial score (nSPS) is 33.0. The van der Waals surface area contributed by atoms with Crippen molar-refractivity contribution in [3.05, 3.63) is 11.3 Å². The molecule has 0 fully saturated rings. The van der Waals surface area contributed by atoms with Crippen LogP contribution in [-0.4, -0.2) is 17.8 Å². The molecule has 0 spiro atoms. The maximum Gasteiger partial charge on any atom is 0.156 e. The lowest BCUT2D eigenvalue weighted by Crippen LogP contribution is -2.48. The van der Waals surface area contributed by atoms with Crippen molar-refractivity contribution in [3.8, 4) is 0 Å². The van der Waals surface area contributed by atoms with Crippen molar-refractivity contribution >= 4 is 12.2 Å². The van der Waals surface area contributed by atoms with Crippen LogP contribution in [0.4, 0.5) is 0 Å². The van der Waals surface area contributed by atoms with E-state index in [4.69, 9.17) is 5.41 Å². The molecule has 0 bridgehead atoms. The van der Waals surface area contributed by atoms with E-state index in [2.05, 4.69) is 21.2 Å². The number of amidine groups is 1. The zero-order chi connectivity index (χ0) is 8.77. The van der Waals surface area contributed by atoms with Gasteiger partial charge in [-0.25, -0.2) is 10.4 Å². The summed E-state index contributed by atoms with van der Waals surface area (Å²) in [4.78, 5) is 4.22. The summed E-state index contributed by atoms with van der Waals surface area (Å²) in [7, 11) is 0. The molecule has 5 nitrogen and oxygen atoms in total. The third kappa shape index (κ3) is 0.767. The summed E-state index contributed by atoms with van der Waals surface area (Å²) in [5, 5.41) is 10.4. The number of fused-ring (bicyclic) bond motifs is 1. The molecule has 0 aromatic heterocycles. The second-order valence-electron chi connectivity index (χ2n) is 3.10. The van der Waals surface area contributed by atoms with Crippen LogP contribution in [0.1, 0.15) is 13.8 Å². The van der Waals surface area contributed by atoms with Crippen LogP contribution in [-0.2, 0) is 0 Å². The standard InChI is InChI=1S/C7H11N5/c1-4-5-6(8)9-3-10-7(5,2)12-11-4/h3,11-12H,1-2H3,(H2,8,9,10). The molecule has 64 valence electrons. The summed E-state index contributed by atoms with van der Waals surface area (Å²) in [6.07, 6.45) is 1.54. The molecule has 0 aliphatic carbocycles. The molecule has 1 unspecified atom stereocenters. The first-order valence-electron chi connectivity index (χ1n) is 3.77. The van der Waals surface area contributed by atoms with E-state index in [1.165, 1.54) is 0 Å². The van der Waals surface area contributed by atoms with Gasteiger partial charge in [0, 0.05) is 5.70 Å². The molecule has 0 aromatic rings. The van der Waals surface area contributed by atoms with Crippen molar-refractivity contribution in [3.63, 3.8) is 0 Å². The second kappa shape index (κ2) is 2.07. The molecular formula is C7H11N5. The Morgan fingerprint density at radius 3 is 3.00 bits per heavy atom. The number of nitrogens with zero attached hydrogens (tertiary/aromatic N) is 1. The van der Waals surface area contributed by atoms with Crippen LogP contribution in [0.25, 0.3) is 0 Å². The maximum absolute atomic E-state index is 7.63. The molecule has 0 saturated heterocycles. The first-order chi connectivity index (χ1) is 5.63. The minimum Gasteiger partial charge on any atom is -0.331 e. The molecule has 2 aliphatic rings. The van der Waals surface area contributed by atoms with Crippen molar-refractivity contribution < 1.29 is 0 Å². The van der Waals surface area contributed by atoms with E-state index >= 15 is 0 Å². The molecule has 1 atom stereocenters. The SMILES string of the molecule is CC1=C2C(=N)NC=NC2(C)NN1. The Hall–Kier alpha value is -1.36. The fraction of sp³-hybridized carbons (Fsp3) is 0.429. The molecule has 2 heterocycles. The number of hydrogen-bond acceptors (Lipinski definition) is 4. The first-order valence-corrected chi connectivity index (χ1v) is 3.77. The summed E-state index contributed by atoms with van der Waals surface area (Å²) in [5.41, 5.74) is 7.34. The summed E-state index contributed by atoms with van der Waals surface area (Å²) in [6.45, 7) is 3.85. The lowest BCUT2D eigenvalue weighted by atomic mass is 10.0. The van der Waals surface area contributed by atoms with Gasteiger partial charge in [-0.3, -0.25) is 5.41 Å². The van der Waals surface area contributed by atoms with Crippen LogP contribution in [0, 0.1) is 5.41 Å². The monoisotopic (exact) mass is 165 g/mol. The van der Waals surface area contributed by atoms with Gasteiger partial charge in [0.15, 0.2) is 5.66 Å². The van der Waals surface area contributed by atoms with E-state index in [1.807, 2.05) is 13.8 Å². The predicted molar refractivity (Wildman–Crippen MR) is 46.7 cm³/mol. The molecule has 2 rings (SSSR count). The number of hydrazine groups is 1. The molecule has 2 aliphatic heterocycles. The van der Waals surface area contributed by atoms with E-state index in [9.17, 15) is 0 Å². The Labute approximate surface area is 70.4 Å². The number of nitrogens with one attached hydrogen (secondary N) is 4. The van der Waals surface area contributed by atoms with Gasteiger partial charge in [-0.15, -0.1) is 0 Å². The Morgan fingerprint density at radius 2 is 2.33 bits per heavy atom. The topological polar surface area (TPSA) is 72.3 Å². The molecule has 0 aromatic carbocycles. The highest BCUT2D eigenvalue weighted by atomic mass is 15.5. The van der Waals surface area contributed by atoms with E-state index in [-0.39, 0.29) is 0 Å². The fourth-order valence-corrected chi connectivity index (χ4v) is 1.53. The van der Waals surface area contributed by atoms with Gasteiger partial charge in [0.25, 0.3) is 0 Å². The number of hydrogen-bond donors (Lipinski definition) is 4. The largest absolute Gasteiger partial charge is 0.331 e. The van der Waals surface area contributed by atoms with Gasteiger partial charge in [0.1, 0.15) is 5.84 Å². The van der Waals surface area contributed by atoms with Crippen LogP contribution < -0.4 is 16.2 Å². The molecule has 0 radical (unpaired) electrons. The Bertz CT molecular complexity index is 303. The Morgan fingerprint density at radius 1 is 1.58 bits per heavy atom. The van der Waals surface area contributed by atoms with Crippen LogP contribution in [0.15, 0.2) is 16.3 Å². The van der Waals surface area contributed by atoms with Gasteiger partial charge in [-0.1, -0.05) is 0 Å². The third-order valence-corrected chi connectivity index (χ3v) is 2.14. The predicted octanol–water partition coefficient (Wildman–Crippen LogP) is -0.307. The van der Waals surface area contributed by atoms with E-state index in [0.29, 0.717) is 5.84 Å². The van der Waals surface area contributed by atoms with E-state index in [1.54, 1.807) is 6.34 Å². The minimum atomic E-state index is -0.466. The van der Waals surface area contributed by atoms with Crippen molar-refractivity contribution in [2.75, 3.05) is 0 Å². The lowest BCUT2D eigenvalue weighted by Gasteiger charge is -2.26. The zero-order valence-electron chi connectivity index (χ0n) is 7.02. The van der Waals surface area contributed by atoms with Crippen LogP contribution in [0.2, 0.25) is 0 Å². The Kier molecular flexibility index (Phi) is 1.26. The van der Waals surface area contributed by atoms with Gasteiger partial charge in [-0.05, 0) is 13.8 Å². The zero-order valence-corrected chi connectivity index (χ0v) is 7.02. The molecule has 0 amide bonds. The van der Waals surface area contributed by atoms with Crippen LogP contribution >= 0.6 is 0 Å². The van der Waals surface area contributed by atoms with Crippen molar-refractivity contribution in [2.24, 2.45) is 4.99 Å². The van der Waals surface area contributed by atoms with E-state index in [0.717, 1.165) is 11.3 Å². The average molecular weight is 165 g/mol. The first kappa shape index (κ1) is 7.30. The highest BCUT2D eigenvalue weighted by Gasteiger charge is 2.38. The van der Waals surface area contributed by atoms with Gasteiger partial charge >= 0.3 is 0 Å². The average Bonchev–Trinajstić information content (AvgIpc) is 2.29. The molecular weight excluding hydrogens is 154 g/mol. The van der Waals surface area contributed by atoms with Crippen molar-refractivity contribution in [1.29, 1.82) is 5.41 Å². The maximum atomic E-state index is 7.63. The Balaban J connectivity index is 2.54. The van der Waals surface area contributed by atoms with Gasteiger partial charge in [0.05, 0.1) is 11.9 Å². The summed E-state index contributed by atoms with van der Waals surface area (Å²) in [6, 6.07) is 0. The van der Waals surface area contributed by atoms with Crippen LogP contribution in [0.5, 0.6) is 0 Å². The molecule has 4 N–H and O–H groups in total. The highest BCUT2D eigenvalue weighted by Crippen LogP contribution is 2.26. The number of rotatable bonds is 0. The van der Waals surface area contributed by atoms with Gasteiger partial charge in [-0.2, -0.15) is 0 Å². The quantitative estimate of drug-likeness (QED) is 0.398. The molecule has 12 heavy (non-hydrogen) atoms. The molecule has 5 heteroatoms. The second-order valence-corrected chi connectivity index (χ2v) is 3.10. The number of aliphatic imine (C=N–C) groups is 1. The summed E-state index contributed by atoms with van der Waals surface area (Å²) < 4.78 is 0. The van der Waals surface area contributed by atoms with Crippen molar-refractivity contribution in [2.45, 2.75) is 19.5 Å². The molecule has 0 saturated carbocycles. The van der Waals surface area contributed by atoms with Gasteiger partial charge < -0.3 is 10.7 Å². The third-order valence-electron chi connectivity index (χ3n) is 2.14. The smallest absolute Gasteiger partial charge is 0.156 e.